The molecule has 0 saturated carbocycles. The minimum atomic E-state index is -0.682. The molecule has 34 heavy (non-hydrogen) atoms. The zero-order valence-electron chi connectivity index (χ0n) is 20.2. The van der Waals surface area contributed by atoms with E-state index in [-0.39, 0.29) is 0 Å². The summed E-state index contributed by atoms with van der Waals surface area (Å²) in [5.74, 6) is -0.682. The summed E-state index contributed by atoms with van der Waals surface area (Å²) < 4.78 is 6.83. The Morgan fingerprint density at radius 3 is 1.29 bits per heavy atom. The van der Waals surface area contributed by atoms with Gasteiger partial charge in [-0.1, -0.05) is 136 Å². The van der Waals surface area contributed by atoms with Gasteiger partial charge < -0.3 is 9.84 Å². The third-order valence-electron chi connectivity index (χ3n) is 6.39. The van der Waals surface area contributed by atoms with Crippen LogP contribution in [0.2, 0.25) is 0 Å². The number of hydrogen-bond donors (Lipinski definition) is 1. The largest absolute Gasteiger partial charge is 0.481 e. The summed E-state index contributed by atoms with van der Waals surface area (Å²) in [6.07, 6.45) is 10.4. The van der Waals surface area contributed by atoms with Crippen LogP contribution in [0, 0.1) is 0 Å². The van der Waals surface area contributed by atoms with Gasteiger partial charge in [-0.05, 0) is 29.5 Å². The second kappa shape index (κ2) is 14.4. The van der Waals surface area contributed by atoms with Crippen LogP contribution in [0.3, 0.4) is 0 Å². The molecule has 0 aliphatic heterocycles. The molecule has 3 rings (SSSR count). The minimum absolute atomic E-state index is 0.302. The van der Waals surface area contributed by atoms with Gasteiger partial charge in [-0.3, -0.25) is 4.79 Å². The third kappa shape index (κ3) is 7.56. The minimum Gasteiger partial charge on any atom is -0.481 e. The molecule has 0 spiro atoms. The van der Waals surface area contributed by atoms with E-state index in [0.29, 0.717) is 13.0 Å². The van der Waals surface area contributed by atoms with Crippen molar-refractivity contribution in [3.63, 3.8) is 0 Å². The van der Waals surface area contributed by atoms with Crippen molar-refractivity contribution in [2.75, 3.05) is 6.61 Å². The van der Waals surface area contributed by atoms with Crippen LogP contribution >= 0.6 is 0 Å². The summed E-state index contributed by atoms with van der Waals surface area (Å²) >= 11 is 0. The van der Waals surface area contributed by atoms with Crippen molar-refractivity contribution in [2.45, 2.75) is 69.8 Å². The Morgan fingerprint density at radius 2 is 0.912 bits per heavy atom. The Hall–Kier alpha value is -2.91. The number of rotatable bonds is 16. The van der Waals surface area contributed by atoms with Crippen LogP contribution in [0.4, 0.5) is 0 Å². The fraction of sp³-hybridized carbons (Fsp3) is 0.387. The number of unbranched alkanes of at least 4 members (excludes halogenated alkanes) is 8. The zero-order valence-corrected chi connectivity index (χ0v) is 20.2. The lowest BCUT2D eigenvalue weighted by Crippen LogP contribution is -2.33. The molecule has 0 radical (unpaired) electrons. The van der Waals surface area contributed by atoms with Gasteiger partial charge in [0.15, 0.2) is 0 Å². The van der Waals surface area contributed by atoms with Crippen molar-refractivity contribution in [3.8, 4) is 0 Å². The first-order valence-electron chi connectivity index (χ1n) is 12.8. The molecule has 0 aliphatic rings. The first kappa shape index (κ1) is 25.7. The lowest BCUT2D eigenvalue weighted by atomic mass is 9.80. The normalized spacial score (nSPS) is 11.4. The summed E-state index contributed by atoms with van der Waals surface area (Å²) in [6, 6.07) is 31.6. The van der Waals surface area contributed by atoms with Crippen LogP contribution in [0.5, 0.6) is 0 Å². The van der Waals surface area contributed by atoms with E-state index in [1.165, 1.54) is 25.7 Å². The van der Waals surface area contributed by atoms with Crippen molar-refractivity contribution in [1.29, 1.82) is 0 Å². The van der Waals surface area contributed by atoms with E-state index >= 15 is 0 Å². The third-order valence-corrected chi connectivity index (χ3v) is 6.39. The highest BCUT2D eigenvalue weighted by Crippen LogP contribution is 2.40. The molecular weight excluding hydrogens is 420 g/mol. The van der Waals surface area contributed by atoms with E-state index < -0.39 is 11.6 Å². The van der Waals surface area contributed by atoms with E-state index in [1.807, 2.05) is 0 Å². The van der Waals surface area contributed by atoms with Crippen molar-refractivity contribution < 1.29 is 14.6 Å². The number of ether oxygens (including phenoxy) is 1. The number of carbonyl (C=O) groups is 1. The lowest BCUT2D eigenvalue weighted by molar-refractivity contribution is -0.137. The van der Waals surface area contributed by atoms with Crippen LogP contribution in [0.15, 0.2) is 91.0 Å². The molecule has 1 N–H and O–H groups in total. The maximum absolute atomic E-state index is 10.6. The summed E-state index contributed by atoms with van der Waals surface area (Å²) in [6.45, 7) is 0.702. The Bertz CT molecular complexity index is 842. The van der Waals surface area contributed by atoms with E-state index in [0.717, 1.165) is 48.8 Å². The van der Waals surface area contributed by atoms with Gasteiger partial charge in [-0.25, -0.2) is 0 Å². The van der Waals surface area contributed by atoms with Crippen molar-refractivity contribution >= 4 is 5.97 Å². The van der Waals surface area contributed by atoms with Gasteiger partial charge in [0, 0.05) is 13.0 Å². The highest BCUT2D eigenvalue weighted by atomic mass is 16.5. The Morgan fingerprint density at radius 1 is 0.559 bits per heavy atom. The Kier molecular flexibility index (Phi) is 10.9. The summed E-state index contributed by atoms with van der Waals surface area (Å²) in [5, 5.41) is 8.69. The number of carboxylic acids is 1. The molecule has 3 heteroatoms. The van der Waals surface area contributed by atoms with Crippen LogP contribution in [0.25, 0.3) is 0 Å². The van der Waals surface area contributed by atoms with Gasteiger partial charge >= 0.3 is 5.97 Å². The zero-order chi connectivity index (χ0) is 23.9. The van der Waals surface area contributed by atoms with Gasteiger partial charge in [0.2, 0.25) is 0 Å². The van der Waals surface area contributed by atoms with Gasteiger partial charge in [0.1, 0.15) is 5.60 Å². The Labute approximate surface area is 204 Å². The smallest absolute Gasteiger partial charge is 0.303 e. The Balaban J connectivity index is 1.55. The highest BCUT2D eigenvalue weighted by Gasteiger charge is 2.37. The van der Waals surface area contributed by atoms with Gasteiger partial charge in [0.25, 0.3) is 0 Å². The molecule has 0 heterocycles. The maximum atomic E-state index is 10.6. The van der Waals surface area contributed by atoms with E-state index in [4.69, 9.17) is 9.84 Å². The summed E-state index contributed by atoms with van der Waals surface area (Å²) in [5.41, 5.74) is 2.82. The van der Waals surface area contributed by atoms with Crippen molar-refractivity contribution in [3.05, 3.63) is 108 Å². The second-order valence-corrected chi connectivity index (χ2v) is 8.95. The number of hydrogen-bond acceptors (Lipinski definition) is 2. The first-order valence-corrected chi connectivity index (χ1v) is 12.8. The average molecular weight is 459 g/mol. The average Bonchev–Trinajstić information content (AvgIpc) is 2.88. The molecule has 0 aliphatic carbocycles. The molecule has 3 aromatic carbocycles. The highest BCUT2D eigenvalue weighted by molar-refractivity contribution is 5.66. The fourth-order valence-corrected chi connectivity index (χ4v) is 4.61. The monoisotopic (exact) mass is 458 g/mol. The quantitative estimate of drug-likeness (QED) is 0.175. The number of benzene rings is 3. The number of aliphatic carboxylic acids is 1. The number of carboxylic acid groups (broad SMARTS) is 1. The SMILES string of the molecule is O=C(O)CCCCCCCCCCCOC(c1ccccc1)(c1ccccc1)c1ccccc1. The molecule has 0 atom stereocenters. The van der Waals surface area contributed by atoms with Crippen LogP contribution in [-0.2, 0) is 15.1 Å². The molecular formula is C31H38O3. The van der Waals surface area contributed by atoms with E-state index in [2.05, 4.69) is 91.0 Å². The molecule has 0 amide bonds. The van der Waals surface area contributed by atoms with Gasteiger partial charge in [-0.2, -0.15) is 0 Å². The molecule has 0 bridgehead atoms. The maximum Gasteiger partial charge on any atom is 0.303 e. The van der Waals surface area contributed by atoms with Crippen LogP contribution in [-0.4, -0.2) is 17.7 Å². The first-order chi connectivity index (χ1) is 16.7. The molecule has 0 unspecified atom stereocenters. The molecule has 3 aromatic rings. The van der Waals surface area contributed by atoms with Crippen molar-refractivity contribution in [2.24, 2.45) is 0 Å². The van der Waals surface area contributed by atoms with Crippen molar-refractivity contribution in [1.82, 2.24) is 0 Å². The molecule has 0 saturated heterocycles. The second-order valence-electron chi connectivity index (χ2n) is 8.95. The lowest BCUT2D eigenvalue weighted by Gasteiger charge is -2.36. The summed E-state index contributed by atoms with van der Waals surface area (Å²) in [7, 11) is 0. The fourth-order valence-electron chi connectivity index (χ4n) is 4.61. The van der Waals surface area contributed by atoms with Crippen LogP contribution < -0.4 is 0 Å². The standard InChI is InChI=1S/C31H38O3/c32-30(33)25-17-6-4-2-1-3-5-7-18-26-34-31(27-19-11-8-12-20-27,28-21-13-9-14-22-28)29-23-15-10-16-24-29/h8-16,19-24H,1-7,17-18,25-26H2,(H,32,33). The van der Waals surface area contributed by atoms with E-state index in [1.54, 1.807) is 0 Å². The molecule has 0 fully saturated rings. The predicted octanol–water partition coefficient (Wildman–Crippen LogP) is 7.98. The topological polar surface area (TPSA) is 46.5 Å². The molecule has 0 aromatic heterocycles. The molecule has 180 valence electrons. The molecule has 3 nitrogen and oxygen atoms in total. The van der Waals surface area contributed by atoms with Gasteiger partial charge in [-0.15, -0.1) is 0 Å². The van der Waals surface area contributed by atoms with Gasteiger partial charge in [0.05, 0.1) is 0 Å². The predicted molar refractivity (Wildman–Crippen MR) is 139 cm³/mol. The summed E-state index contributed by atoms with van der Waals surface area (Å²) in [4.78, 5) is 10.6. The van der Waals surface area contributed by atoms with Crippen LogP contribution in [0.1, 0.15) is 80.9 Å². The van der Waals surface area contributed by atoms with E-state index in [9.17, 15) is 4.79 Å².